The quantitative estimate of drug-likeness (QED) is 0.741. The Kier molecular flexibility index (Phi) is 3.72. The maximum Gasteiger partial charge on any atom is 0.261 e. The molecule has 2 amide bonds. The lowest BCUT2D eigenvalue weighted by Gasteiger charge is -2.40. The largest absolute Gasteiger partial charge is 0.454 e. The maximum absolute atomic E-state index is 13.5. The number of rotatable bonds is 4. The number of piperazine rings is 1. The van der Waals surface area contributed by atoms with Crippen LogP contribution < -0.4 is 9.47 Å². The summed E-state index contributed by atoms with van der Waals surface area (Å²) in [6.45, 7) is 2.28. The van der Waals surface area contributed by atoms with Gasteiger partial charge >= 0.3 is 0 Å². The number of benzene rings is 1. The highest BCUT2D eigenvalue weighted by Gasteiger charge is 2.79. The van der Waals surface area contributed by atoms with E-state index in [1.54, 1.807) is 32.0 Å². The number of fused-ring (bicyclic) bond motifs is 2. The zero-order valence-electron chi connectivity index (χ0n) is 16.4. The first-order valence-electron chi connectivity index (χ1n) is 9.45. The number of likely N-dealkylation sites (N-methyl/N-ethyl adjacent to an activating group) is 1. The van der Waals surface area contributed by atoms with Gasteiger partial charge in [-0.3, -0.25) is 9.59 Å². The van der Waals surface area contributed by atoms with Crippen molar-refractivity contribution in [3.63, 3.8) is 0 Å². The van der Waals surface area contributed by atoms with Crippen LogP contribution in [0.4, 0.5) is 0 Å². The Morgan fingerprint density at radius 2 is 2.07 bits per heavy atom. The second-order valence-corrected chi connectivity index (χ2v) is 9.79. The van der Waals surface area contributed by atoms with Gasteiger partial charge in [-0.1, -0.05) is 17.8 Å². The van der Waals surface area contributed by atoms with Crippen molar-refractivity contribution in [1.29, 1.82) is 5.26 Å². The smallest absolute Gasteiger partial charge is 0.261 e. The van der Waals surface area contributed by atoms with Gasteiger partial charge in [0.05, 0.1) is 17.5 Å². The Bertz CT molecular complexity index is 979. The molecule has 0 aromatic heterocycles. The molecule has 3 fully saturated rings. The van der Waals surface area contributed by atoms with E-state index >= 15 is 0 Å². The van der Waals surface area contributed by atoms with Crippen LogP contribution in [0.25, 0.3) is 0 Å². The van der Waals surface area contributed by atoms with Gasteiger partial charge < -0.3 is 24.0 Å². The lowest BCUT2D eigenvalue weighted by molar-refractivity contribution is -0.159. The van der Waals surface area contributed by atoms with E-state index in [1.807, 2.05) is 12.1 Å². The van der Waals surface area contributed by atoms with E-state index in [9.17, 15) is 14.9 Å². The summed E-state index contributed by atoms with van der Waals surface area (Å²) in [6, 6.07) is 7.38. The number of nitriles is 1. The number of hydrogen-bond acceptors (Lipinski definition) is 7. The molecule has 4 atom stereocenters. The highest BCUT2D eigenvalue weighted by molar-refractivity contribution is 8.04. The number of methoxy groups -OCH3 is 1. The van der Waals surface area contributed by atoms with Crippen molar-refractivity contribution in [2.24, 2.45) is 5.41 Å². The van der Waals surface area contributed by atoms with Crippen molar-refractivity contribution in [2.75, 3.05) is 27.6 Å². The summed E-state index contributed by atoms with van der Waals surface area (Å²) < 4.78 is 16.2. The third-order valence-corrected chi connectivity index (χ3v) is 8.37. The molecule has 152 valence electrons. The molecule has 4 heterocycles. The van der Waals surface area contributed by atoms with Crippen LogP contribution in [0, 0.1) is 16.7 Å². The molecule has 0 N–H and O–H groups in total. The summed E-state index contributed by atoms with van der Waals surface area (Å²) in [6.07, 6.45) is 0.688. The predicted molar refractivity (Wildman–Crippen MR) is 103 cm³/mol. The highest BCUT2D eigenvalue weighted by Crippen LogP contribution is 2.70. The Labute approximate surface area is 172 Å². The van der Waals surface area contributed by atoms with Gasteiger partial charge in [0.25, 0.3) is 11.8 Å². The van der Waals surface area contributed by atoms with Gasteiger partial charge in [0.1, 0.15) is 0 Å². The molecule has 4 aliphatic heterocycles. The minimum atomic E-state index is -1.06. The Hall–Kier alpha value is -2.44. The summed E-state index contributed by atoms with van der Waals surface area (Å²) in [5.41, 5.74) is -0.182. The van der Waals surface area contributed by atoms with Gasteiger partial charge in [0, 0.05) is 27.2 Å². The number of nitrogens with zero attached hydrogens (tertiary/aromatic N) is 3. The normalized spacial score (nSPS) is 36.7. The minimum absolute atomic E-state index is 0.120. The van der Waals surface area contributed by atoms with E-state index in [4.69, 9.17) is 14.2 Å². The molecular weight excluding hydrogens is 394 g/mol. The first-order valence-corrected chi connectivity index (χ1v) is 10.3. The first-order chi connectivity index (χ1) is 13.8. The monoisotopic (exact) mass is 415 g/mol. The van der Waals surface area contributed by atoms with Crippen LogP contribution in [0.3, 0.4) is 0 Å². The number of amides is 2. The van der Waals surface area contributed by atoms with Gasteiger partial charge in [-0.2, -0.15) is 5.26 Å². The lowest BCUT2D eigenvalue weighted by Crippen LogP contribution is -2.60. The van der Waals surface area contributed by atoms with Crippen molar-refractivity contribution in [2.45, 2.75) is 35.5 Å². The fraction of sp³-hybridized carbons (Fsp3) is 0.550. The molecule has 4 aliphatic rings. The number of hydrogen-bond donors (Lipinski definition) is 0. The fourth-order valence-electron chi connectivity index (χ4n) is 5.13. The molecule has 3 saturated heterocycles. The molecule has 29 heavy (non-hydrogen) atoms. The van der Waals surface area contributed by atoms with Crippen molar-refractivity contribution < 1.29 is 23.8 Å². The van der Waals surface area contributed by atoms with Crippen molar-refractivity contribution >= 4 is 23.6 Å². The molecule has 2 bridgehead atoms. The molecule has 9 heteroatoms. The summed E-state index contributed by atoms with van der Waals surface area (Å²) in [4.78, 5) is 28.0. The van der Waals surface area contributed by atoms with Crippen LogP contribution in [0.1, 0.15) is 31.4 Å². The fourth-order valence-corrected chi connectivity index (χ4v) is 7.04. The molecule has 1 aromatic rings. The number of ether oxygens (including phenoxy) is 3. The third kappa shape index (κ3) is 2.08. The van der Waals surface area contributed by atoms with Crippen molar-refractivity contribution in [3.05, 3.63) is 23.8 Å². The Balaban J connectivity index is 1.69. The zero-order chi connectivity index (χ0) is 20.6. The van der Waals surface area contributed by atoms with E-state index in [1.165, 1.54) is 16.7 Å². The standard InChI is InChI=1S/C20H21N3O5S/c1-18-16(24)23-15(12-4-5-13-14(8-12)28-11-27-13)19(10-21,6-7-26-3)9-20(23,29-18)17(25)22(18)2/h4-5,8,15H,6-7,9,11H2,1-3H3. The van der Waals surface area contributed by atoms with Gasteiger partial charge in [-0.15, -0.1) is 0 Å². The van der Waals surface area contributed by atoms with Crippen LogP contribution >= 0.6 is 11.8 Å². The topological polar surface area (TPSA) is 92.1 Å². The number of carbonyl (C=O) groups excluding carboxylic acids is 2. The van der Waals surface area contributed by atoms with E-state index < -0.39 is 21.2 Å². The molecular formula is C20H21N3O5S. The van der Waals surface area contributed by atoms with Gasteiger partial charge in [0.15, 0.2) is 21.2 Å². The molecule has 1 spiro atoms. The van der Waals surface area contributed by atoms with Crippen LogP contribution in [-0.2, 0) is 14.3 Å². The molecule has 5 rings (SSSR count). The average molecular weight is 415 g/mol. The minimum Gasteiger partial charge on any atom is -0.454 e. The zero-order valence-corrected chi connectivity index (χ0v) is 17.2. The maximum atomic E-state index is 13.5. The van der Waals surface area contributed by atoms with E-state index in [0.717, 1.165) is 5.56 Å². The summed E-state index contributed by atoms with van der Waals surface area (Å²) in [5, 5.41) is 10.3. The van der Waals surface area contributed by atoms with Gasteiger partial charge in [-0.25, -0.2) is 0 Å². The molecule has 1 aromatic carbocycles. The average Bonchev–Trinajstić information content (AvgIpc) is 3.40. The predicted octanol–water partition coefficient (Wildman–Crippen LogP) is 1.87. The summed E-state index contributed by atoms with van der Waals surface area (Å²) in [5.74, 6) is 0.958. The molecule has 0 saturated carbocycles. The molecule has 0 aliphatic carbocycles. The highest BCUT2D eigenvalue weighted by atomic mass is 32.2. The molecule has 4 unspecified atom stereocenters. The van der Waals surface area contributed by atoms with Crippen LogP contribution in [0.5, 0.6) is 11.5 Å². The second kappa shape index (κ2) is 5.80. The summed E-state index contributed by atoms with van der Waals surface area (Å²) in [7, 11) is 3.25. The Morgan fingerprint density at radius 1 is 1.31 bits per heavy atom. The van der Waals surface area contributed by atoms with E-state index in [0.29, 0.717) is 24.5 Å². The number of thioether (sulfide) groups is 1. The van der Waals surface area contributed by atoms with Gasteiger partial charge in [0.2, 0.25) is 6.79 Å². The van der Waals surface area contributed by atoms with Crippen molar-refractivity contribution in [3.8, 4) is 17.6 Å². The molecule has 8 nitrogen and oxygen atoms in total. The van der Waals surface area contributed by atoms with E-state index in [-0.39, 0.29) is 25.0 Å². The van der Waals surface area contributed by atoms with E-state index in [2.05, 4.69) is 6.07 Å². The SMILES string of the molecule is COCCC1(C#N)CC23SC(C)(C(=O)N2C1c1ccc2c(c1)OCO2)N(C)C3=O. The van der Waals surface area contributed by atoms with Gasteiger partial charge in [-0.05, 0) is 31.0 Å². The third-order valence-electron chi connectivity index (χ3n) is 6.68. The lowest BCUT2D eigenvalue weighted by atomic mass is 9.75. The van der Waals surface area contributed by atoms with Crippen LogP contribution in [-0.4, -0.2) is 58.9 Å². The second-order valence-electron chi connectivity index (χ2n) is 8.11. The Morgan fingerprint density at radius 3 is 2.79 bits per heavy atom. The first kappa shape index (κ1) is 18.6. The van der Waals surface area contributed by atoms with Crippen LogP contribution in [0.2, 0.25) is 0 Å². The molecule has 0 radical (unpaired) electrons. The number of carbonyl (C=O) groups is 2. The summed E-state index contributed by atoms with van der Waals surface area (Å²) >= 11 is 1.36. The van der Waals surface area contributed by atoms with Crippen LogP contribution in [0.15, 0.2) is 18.2 Å². The van der Waals surface area contributed by atoms with Crippen molar-refractivity contribution in [1.82, 2.24) is 9.80 Å².